The number of benzene rings is 2. The highest BCUT2D eigenvalue weighted by molar-refractivity contribution is 5.97. The van der Waals surface area contributed by atoms with E-state index in [0.29, 0.717) is 31.1 Å². The van der Waals surface area contributed by atoms with Gasteiger partial charge < -0.3 is 14.0 Å². The smallest absolute Gasteiger partial charge is 0.253 e. The van der Waals surface area contributed by atoms with Crippen molar-refractivity contribution in [2.45, 2.75) is 51.7 Å². The molecule has 0 spiro atoms. The third kappa shape index (κ3) is 4.71. The van der Waals surface area contributed by atoms with Gasteiger partial charge in [-0.2, -0.15) is 0 Å². The first-order valence-corrected chi connectivity index (χ1v) is 13.3. The fourth-order valence-electron chi connectivity index (χ4n) is 5.36. The summed E-state index contributed by atoms with van der Waals surface area (Å²) in [5.41, 5.74) is 3.62. The Bertz CT molecular complexity index is 1540. The number of fused-ring (bicyclic) bond motifs is 1. The number of carbonyl (C=O) groups excluding carboxylic acids is 1. The standard InChI is InChI=1S/C29H32N8O/c1-21(2)37-26-9-8-24(18-25(26)32-33-37)29(38)34-14-10-23(11-15-34)28-31-13-17-36(28)20-27-30-12-16-35(27)19-22-6-4-3-5-7-22/h3-9,12-13,16-18,21,23H,10-11,14-15,19-20H2,1-2H3. The van der Waals surface area contributed by atoms with Gasteiger partial charge in [-0.25, -0.2) is 14.6 Å². The highest BCUT2D eigenvalue weighted by atomic mass is 16.2. The molecule has 1 saturated heterocycles. The Morgan fingerprint density at radius 2 is 1.71 bits per heavy atom. The molecule has 0 radical (unpaired) electrons. The number of likely N-dealkylation sites (tertiary alicyclic amines) is 1. The van der Waals surface area contributed by atoms with Crippen LogP contribution in [0.4, 0.5) is 0 Å². The number of amides is 1. The molecule has 0 N–H and O–H groups in total. The summed E-state index contributed by atoms with van der Waals surface area (Å²) in [5, 5.41) is 8.50. The van der Waals surface area contributed by atoms with Crippen LogP contribution in [-0.4, -0.2) is 58.0 Å². The molecule has 2 aromatic carbocycles. The maximum Gasteiger partial charge on any atom is 0.253 e. The minimum Gasteiger partial charge on any atom is -0.339 e. The van der Waals surface area contributed by atoms with Crippen molar-refractivity contribution < 1.29 is 4.79 Å². The van der Waals surface area contributed by atoms with E-state index in [2.05, 4.69) is 62.5 Å². The van der Waals surface area contributed by atoms with E-state index in [0.717, 1.165) is 42.1 Å². The Labute approximate surface area is 221 Å². The molecule has 9 heteroatoms. The van der Waals surface area contributed by atoms with Gasteiger partial charge in [-0.1, -0.05) is 35.5 Å². The van der Waals surface area contributed by atoms with Crippen molar-refractivity contribution in [3.63, 3.8) is 0 Å². The number of aromatic nitrogens is 7. The number of piperidine rings is 1. The largest absolute Gasteiger partial charge is 0.339 e. The first-order chi connectivity index (χ1) is 18.6. The van der Waals surface area contributed by atoms with Crippen LogP contribution in [0.1, 0.15) is 66.2 Å². The lowest BCUT2D eigenvalue weighted by Crippen LogP contribution is -2.38. The molecule has 1 aliphatic heterocycles. The quantitative estimate of drug-likeness (QED) is 0.323. The van der Waals surface area contributed by atoms with Crippen molar-refractivity contribution in [1.29, 1.82) is 0 Å². The van der Waals surface area contributed by atoms with E-state index < -0.39 is 0 Å². The summed E-state index contributed by atoms with van der Waals surface area (Å²) in [7, 11) is 0. The van der Waals surface area contributed by atoms with Crippen molar-refractivity contribution in [3.05, 3.63) is 96.1 Å². The van der Waals surface area contributed by atoms with Crippen LogP contribution in [0.5, 0.6) is 0 Å². The van der Waals surface area contributed by atoms with Crippen molar-refractivity contribution in [2.75, 3.05) is 13.1 Å². The van der Waals surface area contributed by atoms with Gasteiger partial charge in [-0.3, -0.25) is 4.79 Å². The van der Waals surface area contributed by atoms with Crippen LogP contribution in [0.25, 0.3) is 11.0 Å². The summed E-state index contributed by atoms with van der Waals surface area (Å²) < 4.78 is 6.28. The SMILES string of the molecule is CC(C)n1nnc2cc(C(=O)N3CCC(c4nccn4Cc4nccn4Cc4ccccc4)CC3)ccc21. The van der Waals surface area contributed by atoms with Crippen molar-refractivity contribution >= 4 is 16.9 Å². The molecule has 0 atom stereocenters. The van der Waals surface area contributed by atoms with E-state index >= 15 is 0 Å². The molecule has 9 nitrogen and oxygen atoms in total. The zero-order valence-electron chi connectivity index (χ0n) is 21.8. The second kappa shape index (κ2) is 10.2. The normalized spacial score (nSPS) is 14.6. The Hall–Kier alpha value is -4.27. The van der Waals surface area contributed by atoms with Crippen LogP contribution >= 0.6 is 0 Å². The van der Waals surface area contributed by atoms with E-state index in [1.165, 1.54) is 5.56 Å². The van der Waals surface area contributed by atoms with Gasteiger partial charge in [0.15, 0.2) is 0 Å². The number of carbonyl (C=O) groups is 1. The van der Waals surface area contributed by atoms with Crippen LogP contribution < -0.4 is 0 Å². The average Bonchev–Trinajstić information content (AvgIpc) is 3.69. The Balaban J connectivity index is 1.11. The van der Waals surface area contributed by atoms with Crippen molar-refractivity contribution in [1.82, 2.24) is 39.0 Å². The summed E-state index contributed by atoms with van der Waals surface area (Å²) in [6.45, 7) is 7.01. The number of nitrogens with zero attached hydrogens (tertiary/aromatic N) is 8. The second-order valence-corrected chi connectivity index (χ2v) is 10.3. The topological polar surface area (TPSA) is 86.7 Å². The predicted molar refractivity (Wildman–Crippen MR) is 145 cm³/mol. The first kappa shape index (κ1) is 24.1. The molecule has 1 fully saturated rings. The van der Waals surface area contributed by atoms with Gasteiger partial charge in [0.25, 0.3) is 5.91 Å². The number of hydrogen-bond acceptors (Lipinski definition) is 5. The van der Waals surface area contributed by atoms with Gasteiger partial charge in [-0.15, -0.1) is 5.10 Å². The van der Waals surface area contributed by atoms with Gasteiger partial charge in [0, 0.05) is 61.9 Å². The molecular formula is C29H32N8O. The second-order valence-electron chi connectivity index (χ2n) is 10.3. The van der Waals surface area contributed by atoms with Crippen LogP contribution in [-0.2, 0) is 13.1 Å². The Morgan fingerprint density at radius 3 is 2.50 bits per heavy atom. The van der Waals surface area contributed by atoms with Gasteiger partial charge in [0.05, 0.1) is 12.1 Å². The van der Waals surface area contributed by atoms with E-state index in [4.69, 9.17) is 4.98 Å². The predicted octanol–water partition coefficient (Wildman–Crippen LogP) is 4.52. The highest BCUT2D eigenvalue weighted by Gasteiger charge is 2.27. The zero-order chi connectivity index (χ0) is 26.1. The monoisotopic (exact) mass is 508 g/mol. The lowest BCUT2D eigenvalue weighted by molar-refractivity contribution is 0.0710. The summed E-state index contributed by atoms with van der Waals surface area (Å²) >= 11 is 0. The summed E-state index contributed by atoms with van der Waals surface area (Å²) in [6.07, 6.45) is 9.56. The summed E-state index contributed by atoms with van der Waals surface area (Å²) in [6, 6.07) is 16.4. The Kier molecular flexibility index (Phi) is 6.49. The molecule has 6 rings (SSSR count). The molecule has 0 saturated carbocycles. The van der Waals surface area contributed by atoms with Gasteiger partial charge >= 0.3 is 0 Å². The third-order valence-corrected chi connectivity index (χ3v) is 7.41. The van der Waals surface area contributed by atoms with Crippen LogP contribution in [0.2, 0.25) is 0 Å². The molecule has 5 aromatic rings. The lowest BCUT2D eigenvalue weighted by Gasteiger charge is -2.32. The van der Waals surface area contributed by atoms with Crippen LogP contribution in [0.15, 0.2) is 73.3 Å². The van der Waals surface area contributed by atoms with E-state index in [1.807, 2.05) is 58.6 Å². The van der Waals surface area contributed by atoms with Crippen molar-refractivity contribution in [3.8, 4) is 0 Å². The van der Waals surface area contributed by atoms with Gasteiger partial charge in [0.1, 0.15) is 17.2 Å². The third-order valence-electron chi connectivity index (χ3n) is 7.41. The average molecular weight is 509 g/mol. The van der Waals surface area contributed by atoms with Gasteiger partial charge in [-0.05, 0) is 50.5 Å². The van der Waals surface area contributed by atoms with E-state index in [-0.39, 0.29) is 11.9 Å². The summed E-state index contributed by atoms with van der Waals surface area (Å²) in [4.78, 5) is 24.6. The lowest BCUT2D eigenvalue weighted by atomic mass is 9.95. The van der Waals surface area contributed by atoms with Crippen LogP contribution in [0.3, 0.4) is 0 Å². The van der Waals surface area contributed by atoms with E-state index in [1.54, 1.807) is 0 Å². The van der Waals surface area contributed by atoms with Crippen LogP contribution in [0, 0.1) is 0 Å². The molecule has 1 aliphatic rings. The molecule has 194 valence electrons. The molecule has 0 aliphatic carbocycles. The maximum absolute atomic E-state index is 13.3. The first-order valence-electron chi connectivity index (χ1n) is 13.3. The minimum atomic E-state index is 0.0516. The fourth-order valence-corrected chi connectivity index (χ4v) is 5.36. The molecule has 0 bridgehead atoms. The number of hydrogen-bond donors (Lipinski definition) is 0. The summed E-state index contributed by atoms with van der Waals surface area (Å²) in [5.74, 6) is 2.43. The number of imidazole rings is 2. The maximum atomic E-state index is 13.3. The van der Waals surface area contributed by atoms with Gasteiger partial charge in [0.2, 0.25) is 0 Å². The molecule has 1 amide bonds. The molecule has 38 heavy (non-hydrogen) atoms. The molecule has 3 aromatic heterocycles. The molecule has 4 heterocycles. The van der Waals surface area contributed by atoms with E-state index in [9.17, 15) is 4.79 Å². The van der Waals surface area contributed by atoms with Crippen molar-refractivity contribution in [2.24, 2.45) is 0 Å². The molecular weight excluding hydrogens is 476 g/mol. The fraction of sp³-hybridized carbons (Fsp3) is 0.345. The number of rotatable bonds is 7. The zero-order valence-corrected chi connectivity index (χ0v) is 21.8. The minimum absolute atomic E-state index is 0.0516. The molecule has 0 unspecified atom stereocenters. The Morgan fingerprint density at radius 1 is 0.947 bits per heavy atom. The highest BCUT2D eigenvalue weighted by Crippen LogP contribution is 2.28.